The molecule has 0 bridgehead atoms. The molecule has 1 amide bonds. The van der Waals surface area contributed by atoms with Gasteiger partial charge in [-0.3, -0.25) is 13.9 Å². The Hall–Kier alpha value is -3.40. The van der Waals surface area contributed by atoms with E-state index in [0.717, 1.165) is 24.0 Å². The molecule has 3 rings (SSSR count). The van der Waals surface area contributed by atoms with Crippen LogP contribution in [0.3, 0.4) is 0 Å². The zero-order valence-corrected chi connectivity index (χ0v) is 16.1. The first kappa shape index (κ1) is 19.4. The Morgan fingerprint density at radius 3 is 2.75 bits per heavy atom. The average Bonchev–Trinajstić information content (AvgIpc) is 2.98. The Bertz CT molecular complexity index is 1100. The molecule has 0 unspecified atom stereocenters. The smallest absolute Gasteiger partial charge is 0.330 e. The minimum Gasteiger partial charge on any atom is -0.355 e. The summed E-state index contributed by atoms with van der Waals surface area (Å²) in [5.41, 5.74) is 3.14. The van der Waals surface area contributed by atoms with Crippen LogP contribution in [0.25, 0.3) is 22.3 Å². The normalized spacial score (nSPS) is 10.8. The fourth-order valence-electron chi connectivity index (χ4n) is 3.17. The van der Waals surface area contributed by atoms with Gasteiger partial charge in [0.05, 0.1) is 17.1 Å². The largest absolute Gasteiger partial charge is 0.355 e. The van der Waals surface area contributed by atoms with Gasteiger partial charge in [-0.05, 0) is 37.1 Å². The molecule has 0 saturated heterocycles. The van der Waals surface area contributed by atoms with E-state index in [0.29, 0.717) is 29.8 Å². The summed E-state index contributed by atoms with van der Waals surface area (Å²) in [4.78, 5) is 29.5. The molecular formula is C21H23N5O2. The highest BCUT2D eigenvalue weighted by Crippen LogP contribution is 2.23. The molecule has 0 aliphatic carbocycles. The zero-order chi connectivity index (χ0) is 20.1. The van der Waals surface area contributed by atoms with Gasteiger partial charge in [0.25, 0.3) is 0 Å². The summed E-state index contributed by atoms with van der Waals surface area (Å²) in [5, 5.41) is 11.9. The summed E-state index contributed by atoms with van der Waals surface area (Å²) >= 11 is 0. The van der Waals surface area contributed by atoms with Gasteiger partial charge in [0.15, 0.2) is 5.65 Å². The number of nitrogens with zero attached hydrogens (tertiary/aromatic N) is 4. The van der Waals surface area contributed by atoms with E-state index in [1.807, 2.05) is 25.1 Å². The van der Waals surface area contributed by atoms with Crippen LogP contribution in [0.4, 0.5) is 0 Å². The van der Waals surface area contributed by atoms with Crippen LogP contribution < -0.4 is 11.0 Å². The van der Waals surface area contributed by atoms with E-state index in [4.69, 9.17) is 5.26 Å². The number of benzene rings is 1. The van der Waals surface area contributed by atoms with Crippen LogP contribution in [-0.4, -0.2) is 26.6 Å². The van der Waals surface area contributed by atoms with Crippen molar-refractivity contribution in [1.82, 2.24) is 19.4 Å². The Labute approximate surface area is 163 Å². The highest BCUT2D eigenvalue weighted by Gasteiger charge is 2.17. The number of rotatable bonds is 7. The first-order chi connectivity index (χ1) is 13.6. The molecular weight excluding hydrogens is 354 g/mol. The average molecular weight is 377 g/mol. The molecule has 1 N–H and O–H groups in total. The number of imidazole rings is 1. The predicted octanol–water partition coefficient (Wildman–Crippen LogP) is 2.67. The summed E-state index contributed by atoms with van der Waals surface area (Å²) in [6, 6.07) is 11.3. The first-order valence-electron chi connectivity index (χ1n) is 9.45. The van der Waals surface area contributed by atoms with Crippen molar-refractivity contribution in [3.8, 4) is 17.2 Å². The maximum atomic E-state index is 12.8. The topological polar surface area (TPSA) is 92.7 Å². The molecule has 0 atom stereocenters. The summed E-state index contributed by atoms with van der Waals surface area (Å²) in [6.45, 7) is 4.96. The van der Waals surface area contributed by atoms with Gasteiger partial charge in [-0.15, -0.1) is 0 Å². The number of unbranched alkanes of at least 4 members (excludes halogenated alkanes) is 1. The van der Waals surface area contributed by atoms with E-state index in [-0.39, 0.29) is 18.1 Å². The molecule has 0 fully saturated rings. The molecule has 1 aromatic carbocycles. The lowest BCUT2D eigenvalue weighted by atomic mass is 10.1. The lowest BCUT2D eigenvalue weighted by Gasteiger charge is -2.06. The number of carbonyl (C=O) groups excluding carboxylic acids is 1. The Morgan fingerprint density at radius 2 is 2.04 bits per heavy atom. The van der Waals surface area contributed by atoms with Gasteiger partial charge in [0, 0.05) is 24.8 Å². The van der Waals surface area contributed by atoms with Crippen LogP contribution in [0.1, 0.15) is 32.3 Å². The maximum absolute atomic E-state index is 12.8. The lowest BCUT2D eigenvalue weighted by molar-refractivity contribution is -0.121. The minimum absolute atomic E-state index is 0.0533. The lowest BCUT2D eigenvalue weighted by Crippen LogP contribution is -2.33. The summed E-state index contributed by atoms with van der Waals surface area (Å²) in [6.07, 6.45) is 3.57. The molecule has 2 heterocycles. The molecule has 144 valence electrons. The maximum Gasteiger partial charge on any atom is 0.330 e. The van der Waals surface area contributed by atoms with Gasteiger partial charge in [-0.1, -0.05) is 25.5 Å². The van der Waals surface area contributed by atoms with Crippen LogP contribution in [0.5, 0.6) is 0 Å². The number of nitriles is 1. The highest BCUT2D eigenvalue weighted by molar-refractivity contribution is 5.82. The molecule has 2 aromatic heterocycles. The molecule has 0 saturated carbocycles. The molecule has 0 radical (unpaired) electrons. The zero-order valence-electron chi connectivity index (χ0n) is 16.1. The van der Waals surface area contributed by atoms with Crippen LogP contribution in [0.2, 0.25) is 0 Å². The second-order valence-electron chi connectivity index (χ2n) is 6.58. The van der Waals surface area contributed by atoms with Crippen LogP contribution in [0.15, 0.2) is 41.3 Å². The predicted molar refractivity (Wildman–Crippen MR) is 108 cm³/mol. The van der Waals surface area contributed by atoms with Gasteiger partial charge >= 0.3 is 5.69 Å². The van der Waals surface area contributed by atoms with Gasteiger partial charge in [0.2, 0.25) is 5.91 Å². The molecule has 28 heavy (non-hydrogen) atoms. The molecule has 7 nitrogen and oxygen atoms in total. The number of fused-ring (bicyclic) bond motifs is 1. The van der Waals surface area contributed by atoms with Crippen molar-refractivity contribution in [2.75, 3.05) is 6.54 Å². The minimum atomic E-state index is -0.251. The van der Waals surface area contributed by atoms with Gasteiger partial charge in [-0.25, -0.2) is 9.78 Å². The van der Waals surface area contributed by atoms with Crippen LogP contribution >= 0.6 is 0 Å². The number of hydrogen-bond acceptors (Lipinski definition) is 4. The van der Waals surface area contributed by atoms with Crippen molar-refractivity contribution in [2.45, 2.75) is 39.8 Å². The molecule has 0 aliphatic rings. The molecule has 7 heteroatoms. The quantitative estimate of drug-likeness (QED) is 0.641. The second-order valence-corrected chi connectivity index (χ2v) is 6.58. The first-order valence-corrected chi connectivity index (χ1v) is 9.45. The monoisotopic (exact) mass is 377 g/mol. The van der Waals surface area contributed by atoms with E-state index < -0.39 is 0 Å². The third kappa shape index (κ3) is 3.81. The van der Waals surface area contributed by atoms with E-state index in [1.54, 1.807) is 22.9 Å². The van der Waals surface area contributed by atoms with Crippen molar-refractivity contribution in [2.24, 2.45) is 0 Å². The number of hydrogen-bond donors (Lipinski definition) is 1. The molecule has 0 aliphatic heterocycles. The van der Waals surface area contributed by atoms with Gasteiger partial charge in [0.1, 0.15) is 6.54 Å². The molecule has 3 aromatic rings. The Balaban J connectivity index is 2.01. The third-order valence-corrected chi connectivity index (χ3v) is 4.65. The standard InChI is InChI=1S/C21H23N5O2/c1-3-5-9-23-19(27)14-26-20-18(25(4-2)21(26)28)11-17(13-24-20)16-8-6-7-15(10-16)12-22/h6-8,10-11,13H,3-5,9,14H2,1-2H3,(H,23,27). The number of aryl methyl sites for hydroxylation is 1. The van der Waals surface area contributed by atoms with Crippen LogP contribution in [-0.2, 0) is 17.9 Å². The highest BCUT2D eigenvalue weighted by atomic mass is 16.2. The summed E-state index contributed by atoms with van der Waals surface area (Å²) in [5.74, 6) is -0.196. The fraction of sp³-hybridized carbons (Fsp3) is 0.333. The van der Waals surface area contributed by atoms with Crippen LogP contribution in [0, 0.1) is 11.3 Å². The number of pyridine rings is 1. The third-order valence-electron chi connectivity index (χ3n) is 4.65. The summed E-state index contributed by atoms with van der Waals surface area (Å²) < 4.78 is 3.02. The Kier molecular flexibility index (Phi) is 5.90. The fourth-order valence-corrected chi connectivity index (χ4v) is 3.17. The van der Waals surface area contributed by atoms with E-state index in [9.17, 15) is 9.59 Å². The van der Waals surface area contributed by atoms with E-state index >= 15 is 0 Å². The Morgan fingerprint density at radius 1 is 1.21 bits per heavy atom. The number of carbonyl (C=O) groups is 1. The second kappa shape index (κ2) is 8.53. The van der Waals surface area contributed by atoms with Crippen molar-refractivity contribution in [1.29, 1.82) is 5.26 Å². The number of nitrogens with one attached hydrogen (secondary N) is 1. The van der Waals surface area contributed by atoms with Crippen molar-refractivity contribution >= 4 is 17.1 Å². The van der Waals surface area contributed by atoms with Gasteiger partial charge in [-0.2, -0.15) is 5.26 Å². The SMILES string of the molecule is CCCCNC(=O)Cn1c(=O)n(CC)c2cc(-c3cccc(C#N)c3)cnc21. The van der Waals surface area contributed by atoms with E-state index in [1.165, 1.54) is 4.57 Å². The van der Waals surface area contributed by atoms with Crippen molar-refractivity contribution in [3.05, 3.63) is 52.6 Å². The van der Waals surface area contributed by atoms with Crippen molar-refractivity contribution < 1.29 is 4.79 Å². The number of aromatic nitrogens is 3. The van der Waals surface area contributed by atoms with Crippen molar-refractivity contribution in [3.63, 3.8) is 0 Å². The number of amides is 1. The van der Waals surface area contributed by atoms with E-state index in [2.05, 4.69) is 23.3 Å². The molecule has 0 spiro atoms. The summed E-state index contributed by atoms with van der Waals surface area (Å²) in [7, 11) is 0. The van der Waals surface area contributed by atoms with Gasteiger partial charge < -0.3 is 5.32 Å².